The van der Waals surface area contributed by atoms with Crippen molar-refractivity contribution >= 4 is 19.2 Å². The summed E-state index contributed by atoms with van der Waals surface area (Å²) >= 11 is 0. The number of hydrogen-bond donors (Lipinski definition) is 2. The number of aromatic carboxylic acids is 1. The minimum atomic E-state index is -1.29. The van der Waals surface area contributed by atoms with E-state index in [-0.39, 0.29) is 5.56 Å². The second-order valence-corrected chi connectivity index (χ2v) is 6.88. The fraction of sp³-hybridized carbons (Fsp3) is 0.471. The van der Waals surface area contributed by atoms with Gasteiger partial charge in [-0.1, -0.05) is 12.1 Å². The highest BCUT2D eigenvalue weighted by Gasteiger charge is 2.52. The van der Waals surface area contributed by atoms with Gasteiger partial charge in [0.1, 0.15) is 5.82 Å². The van der Waals surface area contributed by atoms with Gasteiger partial charge in [-0.15, -0.1) is 0 Å². The third-order valence-corrected chi connectivity index (χ3v) is 4.51. The van der Waals surface area contributed by atoms with Crippen LogP contribution in [0.2, 0.25) is 0 Å². The van der Waals surface area contributed by atoms with Crippen molar-refractivity contribution in [2.45, 2.75) is 38.9 Å². The molecule has 0 aliphatic carbocycles. The summed E-state index contributed by atoms with van der Waals surface area (Å²) in [6.07, 6.45) is 1.76. The number of carboxylic acid groups (broad SMARTS) is 1. The van der Waals surface area contributed by atoms with Gasteiger partial charge in [0.05, 0.1) is 16.8 Å². The maximum atomic E-state index is 13.9. The predicted molar refractivity (Wildman–Crippen MR) is 91.3 cm³/mol. The van der Waals surface area contributed by atoms with Crippen molar-refractivity contribution in [3.05, 3.63) is 40.6 Å². The van der Waals surface area contributed by atoms with Gasteiger partial charge in [0, 0.05) is 6.54 Å². The lowest BCUT2D eigenvalue weighted by atomic mass is 9.77. The molecule has 1 heterocycles. The number of benzene rings is 1. The molecule has 5 nitrogen and oxygen atoms in total. The van der Waals surface area contributed by atoms with Gasteiger partial charge in [-0.05, 0) is 57.9 Å². The van der Waals surface area contributed by atoms with Gasteiger partial charge in [-0.25, -0.2) is 9.18 Å². The third kappa shape index (κ3) is 3.69. The van der Waals surface area contributed by atoms with Gasteiger partial charge in [0.2, 0.25) is 0 Å². The first kappa shape index (κ1) is 18.6. The molecular weight excluding hydrogens is 312 g/mol. The monoisotopic (exact) mass is 335 g/mol. The molecule has 7 heteroatoms. The Balaban J connectivity index is 2.33. The zero-order valence-corrected chi connectivity index (χ0v) is 14.6. The molecule has 1 fully saturated rings. The highest BCUT2D eigenvalue weighted by molar-refractivity contribution is 6.55. The molecule has 0 atom stereocenters. The Kier molecular flexibility index (Phi) is 5.18. The van der Waals surface area contributed by atoms with Crippen LogP contribution < -0.4 is 5.32 Å². The first-order valence-electron chi connectivity index (χ1n) is 7.81. The summed E-state index contributed by atoms with van der Waals surface area (Å²) in [5.41, 5.74) is 0.0697. The van der Waals surface area contributed by atoms with Crippen LogP contribution in [0.5, 0.6) is 0 Å². The van der Waals surface area contributed by atoms with E-state index in [0.717, 1.165) is 5.47 Å². The number of halogens is 1. The van der Waals surface area contributed by atoms with Crippen LogP contribution in [0.4, 0.5) is 4.39 Å². The van der Waals surface area contributed by atoms with Gasteiger partial charge in [-0.3, -0.25) is 0 Å². The van der Waals surface area contributed by atoms with Crippen LogP contribution in [-0.4, -0.2) is 43.0 Å². The summed E-state index contributed by atoms with van der Waals surface area (Å²) in [5.74, 6) is -2.06. The first-order chi connectivity index (χ1) is 11.1. The summed E-state index contributed by atoms with van der Waals surface area (Å²) in [5, 5.41) is 12.0. The van der Waals surface area contributed by atoms with Crippen LogP contribution in [0.25, 0.3) is 6.08 Å². The van der Waals surface area contributed by atoms with E-state index in [1.807, 2.05) is 27.7 Å². The molecule has 1 aromatic carbocycles. The smallest absolute Gasteiger partial charge is 0.478 e. The zero-order valence-electron chi connectivity index (χ0n) is 14.6. The SMILES string of the molecule is CNCC(=Cc1ccc(C(=O)O)c(F)c1)B1OC(C)(C)C(C)(C)O1. The normalized spacial score (nSPS) is 19.6. The average molecular weight is 335 g/mol. The van der Waals surface area contributed by atoms with Crippen molar-refractivity contribution in [3.8, 4) is 0 Å². The van der Waals surface area contributed by atoms with E-state index in [1.165, 1.54) is 12.1 Å². The third-order valence-electron chi connectivity index (χ3n) is 4.51. The van der Waals surface area contributed by atoms with Crippen molar-refractivity contribution < 1.29 is 23.6 Å². The molecule has 1 aliphatic rings. The molecule has 0 aromatic heterocycles. The highest BCUT2D eigenvalue weighted by Crippen LogP contribution is 2.38. The lowest BCUT2D eigenvalue weighted by molar-refractivity contribution is 0.00578. The Morgan fingerprint density at radius 2 is 1.88 bits per heavy atom. The highest BCUT2D eigenvalue weighted by atomic mass is 19.1. The van der Waals surface area contributed by atoms with Crippen molar-refractivity contribution in [1.82, 2.24) is 5.32 Å². The topological polar surface area (TPSA) is 67.8 Å². The van der Waals surface area contributed by atoms with E-state index in [9.17, 15) is 9.18 Å². The zero-order chi connectivity index (χ0) is 18.1. The Morgan fingerprint density at radius 3 is 2.33 bits per heavy atom. The molecule has 0 radical (unpaired) electrons. The van der Waals surface area contributed by atoms with Gasteiger partial charge in [0.25, 0.3) is 0 Å². The molecule has 2 N–H and O–H groups in total. The van der Waals surface area contributed by atoms with Crippen LogP contribution in [-0.2, 0) is 9.31 Å². The fourth-order valence-corrected chi connectivity index (χ4v) is 2.41. The minimum absolute atomic E-state index is 0.349. The average Bonchev–Trinajstić information content (AvgIpc) is 2.66. The summed E-state index contributed by atoms with van der Waals surface area (Å²) in [7, 11) is 1.25. The van der Waals surface area contributed by atoms with Crippen molar-refractivity contribution in [2.24, 2.45) is 0 Å². The van der Waals surface area contributed by atoms with Crippen molar-refractivity contribution in [1.29, 1.82) is 0 Å². The largest absolute Gasteiger partial charge is 0.491 e. The van der Waals surface area contributed by atoms with E-state index < -0.39 is 30.1 Å². The Morgan fingerprint density at radius 1 is 1.29 bits per heavy atom. The molecule has 0 amide bonds. The van der Waals surface area contributed by atoms with Crippen LogP contribution >= 0.6 is 0 Å². The van der Waals surface area contributed by atoms with Gasteiger partial charge in [0.15, 0.2) is 0 Å². The van der Waals surface area contributed by atoms with Gasteiger partial charge in [-0.2, -0.15) is 0 Å². The second-order valence-electron chi connectivity index (χ2n) is 6.88. The molecule has 0 bridgehead atoms. The molecule has 1 aromatic rings. The molecule has 24 heavy (non-hydrogen) atoms. The van der Waals surface area contributed by atoms with Crippen LogP contribution in [0.1, 0.15) is 43.6 Å². The summed E-state index contributed by atoms with van der Waals surface area (Å²) < 4.78 is 25.9. The lowest BCUT2D eigenvalue weighted by Gasteiger charge is -2.32. The van der Waals surface area contributed by atoms with E-state index in [4.69, 9.17) is 14.4 Å². The van der Waals surface area contributed by atoms with Crippen LogP contribution in [0.15, 0.2) is 23.7 Å². The quantitative estimate of drug-likeness (QED) is 0.810. The summed E-state index contributed by atoms with van der Waals surface area (Å²) in [4.78, 5) is 10.9. The standard InChI is InChI=1S/C17H23BFNO4/c1-16(2)17(3,4)24-18(23-16)12(10-20-5)8-11-6-7-13(15(21)22)14(19)9-11/h6-9,20H,10H2,1-5H3,(H,21,22). The van der Waals surface area contributed by atoms with Gasteiger partial charge >= 0.3 is 13.1 Å². The van der Waals surface area contributed by atoms with E-state index in [1.54, 1.807) is 19.2 Å². The molecule has 2 rings (SSSR count). The molecular formula is C17H23BFNO4. The number of nitrogens with one attached hydrogen (secondary N) is 1. The first-order valence-corrected chi connectivity index (χ1v) is 7.81. The molecule has 0 spiro atoms. The Hall–Kier alpha value is -1.70. The van der Waals surface area contributed by atoms with Crippen LogP contribution in [0, 0.1) is 5.82 Å². The fourth-order valence-electron chi connectivity index (χ4n) is 2.41. The van der Waals surface area contributed by atoms with Gasteiger partial charge < -0.3 is 19.7 Å². The van der Waals surface area contributed by atoms with E-state index >= 15 is 0 Å². The number of carbonyl (C=O) groups is 1. The molecule has 130 valence electrons. The minimum Gasteiger partial charge on any atom is -0.478 e. The number of hydrogen-bond acceptors (Lipinski definition) is 4. The number of likely N-dealkylation sites (N-methyl/N-ethyl adjacent to an activating group) is 1. The number of carboxylic acids is 1. The molecule has 1 aliphatic heterocycles. The van der Waals surface area contributed by atoms with Crippen molar-refractivity contribution in [2.75, 3.05) is 13.6 Å². The summed E-state index contributed by atoms with van der Waals surface area (Å²) in [6.45, 7) is 8.35. The van der Waals surface area contributed by atoms with Crippen molar-refractivity contribution in [3.63, 3.8) is 0 Å². The van der Waals surface area contributed by atoms with E-state index in [0.29, 0.717) is 12.1 Å². The van der Waals surface area contributed by atoms with E-state index in [2.05, 4.69) is 5.32 Å². The maximum absolute atomic E-state index is 13.9. The predicted octanol–water partition coefficient (Wildman–Crippen LogP) is 2.76. The molecule has 0 saturated carbocycles. The number of rotatable bonds is 5. The Labute approximate surface area is 142 Å². The lowest BCUT2D eigenvalue weighted by Crippen LogP contribution is -2.41. The Bertz CT molecular complexity index is 657. The summed E-state index contributed by atoms with van der Waals surface area (Å²) in [6, 6.07) is 4.02. The second kappa shape index (κ2) is 6.66. The van der Waals surface area contributed by atoms with Crippen LogP contribution in [0.3, 0.4) is 0 Å². The molecule has 1 saturated heterocycles. The maximum Gasteiger partial charge on any atom is 0.491 e. The molecule has 0 unspecified atom stereocenters.